The van der Waals surface area contributed by atoms with Crippen LogP contribution in [0.25, 0.3) is 16.8 Å². The first kappa shape index (κ1) is 18.2. The summed E-state index contributed by atoms with van der Waals surface area (Å²) in [6, 6.07) is 11.4. The largest absolute Gasteiger partial charge is 0.507 e. The molecule has 3 atom stereocenters. The first-order valence-corrected chi connectivity index (χ1v) is 8.30. The van der Waals surface area contributed by atoms with E-state index in [0.717, 1.165) is 28.3 Å². The molecule has 0 heterocycles. The Balaban J connectivity index is 2.14. The molecule has 3 heteroatoms. The van der Waals surface area contributed by atoms with E-state index in [0.29, 0.717) is 6.42 Å². The Hall–Kier alpha value is -2.10. The Bertz CT molecular complexity index is 731. The van der Waals surface area contributed by atoms with Gasteiger partial charge in [0.25, 0.3) is 0 Å². The van der Waals surface area contributed by atoms with Crippen LogP contribution in [0.4, 0.5) is 0 Å². The van der Waals surface area contributed by atoms with Gasteiger partial charge in [-0.3, -0.25) is 0 Å². The predicted octanol–water partition coefficient (Wildman–Crippen LogP) is 4.27. The van der Waals surface area contributed by atoms with Gasteiger partial charge < -0.3 is 15.3 Å². The molecule has 0 aliphatic heterocycles. The van der Waals surface area contributed by atoms with E-state index < -0.39 is 12.2 Å². The highest BCUT2D eigenvalue weighted by Crippen LogP contribution is 2.29. The van der Waals surface area contributed by atoms with Crippen LogP contribution in [0.3, 0.4) is 0 Å². The van der Waals surface area contributed by atoms with Crippen LogP contribution in [0.5, 0.6) is 5.75 Å². The third-order valence-corrected chi connectivity index (χ3v) is 4.44. The maximum Gasteiger partial charge on any atom is 0.123 e. The number of phenols is 1. The number of benzene rings is 2. The Kier molecular flexibility index (Phi) is 6.18. The smallest absolute Gasteiger partial charge is 0.123 e. The van der Waals surface area contributed by atoms with E-state index in [9.17, 15) is 15.3 Å². The Morgan fingerprint density at radius 1 is 1.12 bits per heavy atom. The molecular formula is C21H26O3. The molecule has 2 rings (SSSR count). The van der Waals surface area contributed by atoms with Crippen molar-refractivity contribution in [3.8, 4) is 5.75 Å². The fraction of sp³-hybridized carbons (Fsp3) is 0.333. The number of fused-ring (bicyclic) bond motifs is 1. The first-order valence-electron chi connectivity index (χ1n) is 8.30. The van der Waals surface area contributed by atoms with Crippen molar-refractivity contribution in [1.29, 1.82) is 0 Å². The van der Waals surface area contributed by atoms with Crippen LogP contribution in [0.15, 0.2) is 54.6 Å². The number of aromatic hydroxyl groups is 1. The van der Waals surface area contributed by atoms with Gasteiger partial charge in [-0.1, -0.05) is 48.1 Å². The Labute approximate surface area is 143 Å². The molecule has 2 aromatic rings. The van der Waals surface area contributed by atoms with Crippen molar-refractivity contribution in [2.45, 2.75) is 38.9 Å². The van der Waals surface area contributed by atoms with E-state index in [4.69, 9.17) is 0 Å². The number of hydrogen-bond donors (Lipinski definition) is 3. The van der Waals surface area contributed by atoms with Crippen molar-refractivity contribution in [3.05, 3.63) is 60.2 Å². The van der Waals surface area contributed by atoms with E-state index in [1.807, 2.05) is 37.3 Å². The lowest BCUT2D eigenvalue weighted by Crippen LogP contribution is -2.28. The van der Waals surface area contributed by atoms with Crippen molar-refractivity contribution in [2.24, 2.45) is 5.92 Å². The summed E-state index contributed by atoms with van der Waals surface area (Å²) in [7, 11) is 0. The highest BCUT2D eigenvalue weighted by molar-refractivity contribution is 5.94. The number of phenolic OH excluding ortho intramolecular Hbond substituents is 1. The average molecular weight is 326 g/mol. The minimum Gasteiger partial charge on any atom is -0.507 e. The molecule has 0 aromatic heterocycles. The van der Waals surface area contributed by atoms with Crippen LogP contribution in [0.2, 0.25) is 0 Å². The molecule has 0 spiro atoms. The van der Waals surface area contributed by atoms with Crippen molar-refractivity contribution in [1.82, 2.24) is 0 Å². The van der Waals surface area contributed by atoms with E-state index in [1.165, 1.54) is 0 Å². The monoisotopic (exact) mass is 326 g/mol. The maximum atomic E-state index is 10.2. The highest BCUT2D eigenvalue weighted by atomic mass is 16.3. The molecule has 128 valence electrons. The Morgan fingerprint density at radius 3 is 2.42 bits per heavy atom. The number of hydrogen-bond acceptors (Lipinski definition) is 3. The summed E-state index contributed by atoms with van der Waals surface area (Å²) in [4.78, 5) is 0. The van der Waals surface area contributed by atoms with Gasteiger partial charge in [0.2, 0.25) is 0 Å². The third kappa shape index (κ3) is 4.25. The zero-order valence-corrected chi connectivity index (χ0v) is 14.3. The summed E-state index contributed by atoms with van der Waals surface area (Å²) >= 11 is 0. The number of aliphatic hydroxyl groups is 2. The molecule has 0 saturated heterocycles. The minimum atomic E-state index is -0.609. The fourth-order valence-electron chi connectivity index (χ4n) is 3.01. The summed E-state index contributed by atoms with van der Waals surface area (Å²) in [6.45, 7) is 7.38. The summed E-state index contributed by atoms with van der Waals surface area (Å²) in [5.74, 6) is -0.0334. The molecule has 3 N–H and O–H groups in total. The normalized spacial score (nSPS) is 15.9. The van der Waals surface area contributed by atoms with Crippen molar-refractivity contribution in [2.75, 3.05) is 0 Å². The van der Waals surface area contributed by atoms with Gasteiger partial charge in [0.05, 0.1) is 12.2 Å². The van der Waals surface area contributed by atoms with E-state index >= 15 is 0 Å². The average Bonchev–Trinajstić information content (AvgIpc) is 2.56. The number of allylic oxidation sites excluding steroid dienone is 1. The lowest BCUT2D eigenvalue weighted by molar-refractivity contribution is 0.0422. The van der Waals surface area contributed by atoms with Gasteiger partial charge in [-0.15, -0.1) is 6.58 Å². The number of aliphatic hydroxyl groups excluding tert-OH is 2. The lowest BCUT2D eigenvalue weighted by Gasteiger charge is -2.22. The molecule has 2 aromatic carbocycles. The van der Waals surface area contributed by atoms with Crippen LogP contribution in [-0.4, -0.2) is 27.5 Å². The van der Waals surface area contributed by atoms with Gasteiger partial charge in [-0.2, -0.15) is 0 Å². The highest BCUT2D eigenvalue weighted by Gasteiger charge is 2.20. The molecule has 0 amide bonds. The SMILES string of the molecule is C=C[C@H]([C@H](O)CC/C(C)=C/c1ccc(O)c2ccccc12)[C@@H](C)O. The molecule has 0 saturated carbocycles. The molecule has 0 unspecified atom stereocenters. The van der Waals surface area contributed by atoms with Crippen LogP contribution in [0.1, 0.15) is 32.3 Å². The minimum absolute atomic E-state index is 0.279. The first-order chi connectivity index (χ1) is 11.4. The molecule has 0 aliphatic carbocycles. The molecule has 0 radical (unpaired) electrons. The van der Waals surface area contributed by atoms with E-state index in [1.54, 1.807) is 19.1 Å². The van der Waals surface area contributed by atoms with Crippen LogP contribution in [-0.2, 0) is 0 Å². The molecule has 0 bridgehead atoms. The molecule has 0 aliphatic rings. The third-order valence-electron chi connectivity index (χ3n) is 4.44. The van der Waals surface area contributed by atoms with Crippen molar-refractivity contribution >= 4 is 16.8 Å². The van der Waals surface area contributed by atoms with Gasteiger partial charge >= 0.3 is 0 Å². The predicted molar refractivity (Wildman–Crippen MR) is 99.9 cm³/mol. The van der Waals surface area contributed by atoms with Gasteiger partial charge in [-0.25, -0.2) is 0 Å². The zero-order valence-electron chi connectivity index (χ0n) is 14.3. The van der Waals surface area contributed by atoms with Gasteiger partial charge in [0, 0.05) is 11.3 Å². The van der Waals surface area contributed by atoms with Gasteiger partial charge in [0.15, 0.2) is 0 Å². The van der Waals surface area contributed by atoms with Crippen molar-refractivity contribution in [3.63, 3.8) is 0 Å². The summed E-state index contributed by atoms with van der Waals surface area (Å²) < 4.78 is 0. The van der Waals surface area contributed by atoms with Gasteiger partial charge in [-0.05, 0) is 43.7 Å². The van der Waals surface area contributed by atoms with E-state index in [-0.39, 0.29) is 11.7 Å². The number of rotatable bonds is 7. The van der Waals surface area contributed by atoms with Crippen LogP contribution < -0.4 is 0 Å². The zero-order chi connectivity index (χ0) is 17.7. The van der Waals surface area contributed by atoms with Crippen LogP contribution >= 0.6 is 0 Å². The molecule has 0 fully saturated rings. The molecule has 24 heavy (non-hydrogen) atoms. The molecular weight excluding hydrogens is 300 g/mol. The van der Waals surface area contributed by atoms with E-state index in [2.05, 4.69) is 12.7 Å². The lowest BCUT2D eigenvalue weighted by atomic mass is 9.92. The second-order valence-electron chi connectivity index (χ2n) is 6.37. The quantitative estimate of drug-likeness (QED) is 0.666. The summed E-state index contributed by atoms with van der Waals surface area (Å²) in [5.41, 5.74) is 2.18. The van der Waals surface area contributed by atoms with Crippen molar-refractivity contribution < 1.29 is 15.3 Å². The fourth-order valence-corrected chi connectivity index (χ4v) is 3.01. The summed E-state index contributed by atoms with van der Waals surface area (Å²) in [5, 5.41) is 31.7. The van der Waals surface area contributed by atoms with Gasteiger partial charge in [0.1, 0.15) is 5.75 Å². The second-order valence-corrected chi connectivity index (χ2v) is 6.37. The Morgan fingerprint density at radius 2 is 1.79 bits per heavy atom. The molecule has 3 nitrogen and oxygen atoms in total. The topological polar surface area (TPSA) is 60.7 Å². The maximum absolute atomic E-state index is 10.2. The van der Waals surface area contributed by atoms with Crippen LogP contribution in [0, 0.1) is 5.92 Å². The second kappa shape index (κ2) is 8.13. The standard InChI is InChI=1S/C21H26O3/c1-4-17(15(3)22)20(23)11-9-14(2)13-16-10-12-21(24)19-8-6-5-7-18(16)19/h4-8,10,12-13,15,17,20,22-24H,1,9,11H2,2-3H3/b14-13+/t15-,17+,20-/m1/s1. The summed E-state index contributed by atoms with van der Waals surface area (Å²) in [6.07, 6.45) is 3.78.